The molecule has 0 aliphatic heterocycles. The number of aromatic nitrogens is 4. The highest BCUT2D eigenvalue weighted by Gasteiger charge is 2.11. The van der Waals surface area contributed by atoms with Crippen LogP contribution in [-0.4, -0.2) is 19.7 Å². The first-order valence-corrected chi connectivity index (χ1v) is 6.61. The molecule has 0 aliphatic rings. The van der Waals surface area contributed by atoms with Crippen LogP contribution in [-0.2, 0) is 13.6 Å². The smallest absolute Gasteiger partial charge is 0.137 e. The molecule has 102 valence electrons. The summed E-state index contributed by atoms with van der Waals surface area (Å²) >= 11 is 6.14. The van der Waals surface area contributed by atoms with Gasteiger partial charge in [0.25, 0.3) is 0 Å². The normalized spacial score (nSPS) is 11.1. The van der Waals surface area contributed by atoms with Crippen LogP contribution in [0.4, 0.5) is 5.82 Å². The summed E-state index contributed by atoms with van der Waals surface area (Å²) in [6.07, 6.45) is 1.91. The van der Waals surface area contributed by atoms with Crippen molar-refractivity contribution in [2.45, 2.75) is 33.2 Å². The molecular weight excluding hydrogens is 262 g/mol. The molecule has 1 N–H and O–H groups in total. The number of rotatable bonds is 4. The van der Waals surface area contributed by atoms with Gasteiger partial charge in [-0.15, -0.1) is 0 Å². The van der Waals surface area contributed by atoms with Gasteiger partial charge in [-0.05, 0) is 13.0 Å². The quantitative estimate of drug-likeness (QED) is 0.875. The topological polar surface area (TPSA) is 55.6 Å². The Morgan fingerprint density at radius 1 is 1.37 bits per heavy atom. The Labute approximate surface area is 118 Å². The highest BCUT2D eigenvalue weighted by atomic mass is 35.5. The molecule has 5 nitrogen and oxygen atoms in total. The molecule has 2 aromatic rings. The molecule has 0 unspecified atom stereocenters. The summed E-state index contributed by atoms with van der Waals surface area (Å²) in [6.45, 7) is 6.62. The van der Waals surface area contributed by atoms with Gasteiger partial charge in [0.05, 0.1) is 12.2 Å². The van der Waals surface area contributed by atoms with Gasteiger partial charge in [0.1, 0.15) is 16.8 Å². The Morgan fingerprint density at radius 3 is 2.68 bits per heavy atom. The van der Waals surface area contributed by atoms with Gasteiger partial charge in [-0.25, -0.2) is 9.97 Å². The lowest BCUT2D eigenvalue weighted by Crippen LogP contribution is -2.08. The lowest BCUT2D eigenvalue weighted by atomic mass is 10.2. The van der Waals surface area contributed by atoms with E-state index in [0.29, 0.717) is 11.7 Å². The summed E-state index contributed by atoms with van der Waals surface area (Å²) in [5.41, 5.74) is 1.82. The number of aryl methyl sites for hydroxylation is 1. The van der Waals surface area contributed by atoms with Crippen molar-refractivity contribution in [3.63, 3.8) is 0 Å². The summed E-state index contributed by atoms with van der Waals surface area (Å²) < 4.78 is 1.77. The predicted molar refractivity (Wildman–Crippen MR) is 76.4 cm³/mol. The van der Waals surface area contributed by atoms with Gasteiger partial charge in [-0.1, -0.05) is 25.4 Å². The Morgan fingerprint density at radius 2 is 2.11 bits per heavy atom. The van der Waals surface area contributed by atoms with Crippen molar-refractivity contribution in [1.29, 1.82) is 0 Å². The third kappa shape index (κ3) is 3.23. The second kappa shape index (κ2) is 5.57. The van der Waals surface area contributed by atoms with Gasteiger partial charge in [0.2, 0.25) is 0 Å². The fourth-order valence-electron chi connectivity index (χ4n) is 1.67. The van der Waals surface area contributed by atoms with E-state index in [-0.39, 0.29) is 5.92 Å². The number of hydrogen-bond acceptors (Lipinski definition) is 4. The number of halogens is 1. The average Bonchev–Trinajstić information content (AvgIpc) is 2.76. The van der Waals surface area contributed by atoms with Crippen molar-refractivity contribution in [2.75, 3.05) is 5.32 Å². The van der Waals surface area contributed by atoms with Crippen molar-refractivity contribution in [2.24, 2.45) is 7.05 Å². The van der Waals surface area contributed by atoms with Gasteiger partial charge < -0.3 is 5.32 Å². The third-order valence-electron chi connectivity index (χ3n) is 2.83. The van der Waals surface area contributed by atoms with Gasteiger partial charge in [0, 0.05) is 24.7 Å². The Balaban J connectivity index is 2.19. The Bertz CT molecular complexity index is 576. The summed E-state index contributed by atoms with van der Waals surface area (Å²) in [5.74, 6) is 1.77. The standard InChI is InChI=1S/C13H18ClN5/c1-8(2)12-16-11(14)9(3)13(17-12)15-7-10-5-6-19(4)18-10/h5-6,8H,7H2,1-4H3,(H,15,16,17). The molecule has 0 amide bonds. The van der Waals surface area contributed by atoms with E-state index in [4.69, 9.17) is 11.6 Å². The zero-order valence-corrected chi connectivity index (χ0v) is 12.4. The molecule has 0 aliphatic carbocycles. The first-order chi connectivity index (χ1) is 8.97. The van der Waals surface area contributed by atoms with E-state index in [9.17, 15) is 0 Å². The summed E-state index contributed by atoms with van der Waals surface area (Å²) in [6, 6.07) is 1.97. The molecule has 0 saturated carbocycles. The molecule has 0 fully saturated rings. The molecule has 0 atom stereocenters. The van der Waals surface area contributed by atoms with E-state index in [0.717, 1.165) is 22.9 Å². The van der Waals surface area contributed by atoms with Crippen LogP contribution in [0.15, 0.2) is 12.3 Å². The van der Waals surface area contributed by atoms with Gasteiger partial charge in [-0.3, -0.25) is 4.68 Å². The minimum absolute atomic E-state index is 0.244. The lowest BCUT2D eigenvalue weighted by molar-refractivity contribution is 0.744. The Kier molecular flexibility index (Phi) is 4.04. The van der Waals surface area contributed by atoms with E-state index in [1.54, 1.807) is 4.68 Å². The van der Waals surface area contributed by atoms with Crippen molar-refractivity contribution in [3.8, 4) is 0 Å². The van der Waals surface area contributed by atoms with E-state index >= 15 is 0 Å². The Hall–Kier alpha value is -1.62. The second-order valence-corrected chi connectivity index (χ2v) is 5.19. The zero-order valence-electron chi connectivity index (χ0n) is 11.6. The van der Waals surface area contributed by atoms with Gasteiger partial charge in [0.15, 0.2) is 0 Å². The van der Waals surface area contributed by atoms with Crippen LogP contribution in [0.2, 0.25) is 5.15 Å². The van der Waals surface area contributed by atoms with Crippen LogP contribution in [0.1, 0.15) is 36.8 Å². The lowest BCUT2D eigenvalue weighted by Gasteiger charge is -2.12. The highest BCUT2D eigenvalue weighted by Crippen LogP contribution is 2.23. The predicted octanol–water partition coefficient (Wildman–Crippen LogP) is 2.91. The van der Waals surface area contributed by atoms with E-state index in [1.165, 1.54) is 0 Å². The van der Waals surface area contributed by atoms with Gasteiger partial charge in [-0.2, -0.15) is 5.10 Å². The monoisotopic (exact) mass is 279 g/mol. The molecule has 19 heavy (non-hydrogen) atoms. The van der Waals surface area contributed by atoms with Crippen molar-refractivity contribution in [1.82, 2.24) is 19.7 Å². The second-order valence-electron chi connectivity index (χ2n) is 4.84. The fourth-order valence-corrected chi connectivity index (χ4v) is 1.84. The van der Waals surface area contributed by atoms with Crippen LogP contribution in [0.3, 0.4) is 0 Å². The fraction of sp³-hybridized carbons (Fsp3) is 0.462. The zero-order chi connectivity index (χ0) is 14.0. The van der Waals surface area contributed by atoms with Crippen LogP contribution >= 0.6 is 11.6 Å². The summed E-state index contributed by atoms with van der Waals surface area (Å²) in [7, 11) is 1.90. The number of nitrogens with one attached hydrogen (secondary N) is 1. The average molecular weight is 280 g/mol. The van der Waals surface area contributed by atoms with Crippen molar-refractivity contribution < 1.29 is 0 Å². The molecule has 0 aromatic carbocycles. The maximum atomic E-state index is 6.14. The van der Waals surface area contributed by atoms with E-state index in [2.05, 4.69) is 20.4 Å². The minimum Gasteiger partial charge on any atom is -0.364 e. The molecular formula is C13H18ClN5. The van der Waals surface area contributed by atoms with Crippen molar-refractivity contribution in [3.05, 3.63) is 34.5 Å². The summed E-state index contributed by atoms with van der Waals surface area (Å²) in [5, 5.41) is 8.08. The number of nitrogens with zero attached hydrogens (tertiary/aromatic N) is 4. The van der Waals surface area contributed by atoms with E-state index < -0.39 is 0 Å². The number of hydrogen-bond donors (Lipinski definition) is 1. The molecule has 2 rings (SSSR count). The minimum atomic E-state index is 0.244. The van der Waals surface area contributed by atoms with Crippen LogP contribution < -0.4 is 5.32 Å². The molecule has 0 saturated heterocycles. The molecule has 2 aromatic heterocycles. The SMILES string of the molecule is Cc1c(Cl)nc(C(C)C)nc1NCc1ccn(C)n1. The molecule has 0 spiro atoms. The molecule has 0 bridgehead atoms. The van der Waals surface area contributed by atoms with Crippen LogP contribution in [0.25, 0.3) is 0 Å². The number of anilines is 1. The summed E-state index contributed by atoms with van der Waals surface area (Å²) in [4.78, 5) is 8.80. The maximum Gasteiger partial charge on any atom is 0.137 e. The molecule has 2 heterocycles. The van der Waals surface area contributed by atoms with E-state index in [1.807, 2.05) is 40.1 Å². The molecule has 0 radical (unpaired) electrons. The first kappa shape index (κ1) is 13.8. The third-order valence-corrected chi connectivity index (χ3v) is 3.19. The molecule has 6 heteroatoms. The van der Waals surface area contributed by atoms with Crippen LogP contribution in [0.5, 0.6) is 0 Å². The first-order valence-electron chi connectivity index (χ1n) is 6.23. The highest BCUT2D eigenvalue weighted by molar-refractivity contribution is 6.30. The van der Waals surface area contributed by atoms with Crippen LogP contribution in [0, 0.1) is 6.92 Å². The van der Waals surface area contributed by atoms with Gasteiger partial charge >= 0.3 is 0 Å². The van der Waals surface area contributed by atoms with Crippen molar-refractivity contribution >= 4 is 17.4 Å². The maximum absolute atomic E-state index is 6.14. The largest absolute Gasteiger partial charge is 0.364 e.